The van der Waals surface area contributed by atoms with Crippen LogP contribution in [0.2, 0.25) is 5.02 Å². The lowest BCUT2D eigenvalue weighted by atomic mass is 10.1. The summed E-state index contributed by atoms with van der Waals surface area (Å²) < 4.78 is 1.84. The molecule has 0 amide bonds. The molecule has 0 aliphatic carbocycles. The van der Waals surface area contributed by atoms with E-state index in [4.69, 9.17) is 11.6 Å². The Balaban J connectivity index is 2.07. The molecule has 4 nitrogen and oxygen atoms in total. The maximum atomic E-state index is 10.1. The Kier molecular flexibility index (Phi) is 4.33. The molecule has 1 N–H and O–H groups in total. The third-order valence-electron chi connectivity index (χ3n) is 2.76. The fraction of sp³-hybridized carbons (Fsp3) is 0.385. The van der Waals surface area contributed by atoms with Crippen molar-refractivity contribution in [3.05, 3.63) is 47.0 Å². The number of aryl methyl sites for hydroxylation is 1. The van der Waals surface area contributed by atoms with E-state index in [9.17, 15) is 5.11 Å². The standard InChI is InChI=1S/C13H16ClN3O/c1-2-5-17-9-11(7-16-17)13(18)6-10-3-4-15-8-12(10)14/h3-4,7-9,13,18H,2,5-6H2,1H3. The van der Waals surface area contributed by atoms with E-state index in [1.165, 1.54) is 0 Å². The van der Waals surface area contributed by atoms with Gasteiger partial charge in [-0.3, -0.25) is 9.67 Å². The Hall–Kier alpha value is -1.39. The topological polar surface area (TPSA) is 50.9 Å². The molecule has 2 heterocycles. The molecule has 96 valence electrons. The van der Waals surface area contributed by atoms with E-state index in [0.29, 0.717) is 11.4 Å². The monoisotopic (exact) mass is 265 g/mol. The molecule has 0 saturated heterocycles. The predicted octanol–water partition coefficient (Wildman–Crippen LogP) is 2.62. The van der Waals surface area contributed by atoms with Crippen LogP contribution in [0.3, 0.4) is 0 Å². The number of hydrogen-bond donors (Lipinski definition) is 1. The van der Waals surface area contributed by atoms with Crippen LogP contribution in [-0.4, -0.2) is 19.9 Å². The highest BCUT2D eigenvalue weighted by molar-refractivity contribution is 6.31. The van der Waals surface area contributed by atoms with E-state index in [-0.39, 0.29) is 0 Å². The van der Waals surface area contributed by atoms with Crippen LogP contribution >= 0.6 is 11.6 Å². The lowest BCUT2D eigenvalue weighted by Gasteiger charge is -2.09. The number of rotatable bonds is 5. The van der Waals surface area contributed by atoms with Gasteiger partial charge in [-0.25, -0.2) is 0 Å². The third kappa shape index (κ3) is 3.09. The van der Waals surface area contributed by atoms with E-state index in [1.807, 2.05) is 16.9 Å². The van der Waals surface area contributed by atoms with Crippen molar-refractivity contribution in [1.82, 2.24) is 14.8 Å². The smallest absolute Gasteiger partial charge is 0.0861 e. The second-order valence-corrected chi connectivity index (χ2v) is 4.63. The Morgan fingerprint density at radius 2 is 2.28 bits per heavy atom. The highest BCUT2D eigenvalue weighted by Gasteiger charge is 2.12. The Bertz CT molecular complexity index is 512. The Morgan fingerprint density at radius 3 is 3.00 bits per heavy atom. The molecule has 1 atom stereocenters. The van der Waals surface area contributed by atoms with Gasteiger partial charge in [0.2, 0.25) is 0 Å². The predicted molar refractivity (Wildman–Crippen MR) is 70.4 cm³/mol. The second kappa shape index (κ2) is 5.98. The van der Waals surface area contributed by atoms with Crippen LogP contribution in [0.4, 0.5) is 0 Å². The van der Waals surface area contributed by atoms with Gasteiger partial charge in [-0.1, -0.05) is 18.5 Å². The minimum atomic E-state index is -0.587. The number of halogens is 1. The van der Waals surface area contributed by atoms with Gasteiger partial charge < -0.3 is 5.11 Å². The average molecular weight is 266 g/mol. The first kappa shape index (κ1) is 13.1. The lowest BCUT2D eigenvalue weighted by molar-refractivity contribution is 0.178. The SMILES string of the molecule is CCCn1cc(C(O)Cc2ccncc2Cl)cn1. The molecule has 0 aromatic carbocycles. The quantitative estimate of drug-likeness (QED) is 0.904. The van der Waals surface area contributed by atoms with E-state index < -0.39 is 6.10 Å². The van der Waals surface area contributed by atoms with Crippen LogP contribution < -0.4 is 0 Å². The van der Waals surface area contributed by atoms with Crippen LogP contribution in [0.1, 0.15) is 30.6 Å². The molecule has 2 aromatic heterocycles. The summed E-state index contributed by atoms with van der Waals surface area (Å²) in [4.78, 5) is 3.92. The summed E-state index contributed by atoms with van der Waals surface area (Å²) in [6.07, 6.45) is 7.75. The van der Waals surface area contributed by atoms with Gasteiger partial charge in [-0.15, -0.1) is 0 Å². The van der Waals surface area contributed by atoms with E-state index in [2.05, 4.69) is 17.0 Å². The molecule has 0 fully saturated rings. The van der Waals surface area contributed by atoms with Crippen LogP contribution in [0, 0.1) is 0 Å². The van der Waals surface area contributed by atoms with Gasteiger partial charge in [-0.05, 0) is 18.1 Å². The van der Waals surface area contributed by atoms with Crippen molar-refractivity contribution >= 4 is 11.6 Å². The molecule has 0 radical (unpaired) electrons. The number of aliphatic hydroxyl groups is 1. The first-order valence-electron chi connectivity index (χ1n) is 5.99. The normalized spacial score (nSPS) is 12.6. The first-order chi connectivity index (χ1) is 8.70. The number of aromatic nitrogens is 3. The third-order valence-corrected chi connectivity index (χ3v) is 3.10. The van der Waals surface area contributed by atoms with Crippen LogP contribution in [0.25, 0.3) is 0 Å². The van der Waals surface area contributed by atoms with Crippen LogP contribution in [0.5, 0.6) is 0 Å². The van der Waals surface area contributed by atoms with Crippen molar-refractivity contribution < 1.29 is 5.11 Å². The summed E-state index contributed by atoms with van der Waals surface area (Å²) in [7, 11) is 0. The molecular formula is C13H16ClN3O. The first-order valence-corrected chi connectivity index (χ1v) is 6.37. The van der Waals surface area contributed by atoms with Gasteiger partial charge in [0.25, 0.3) is 0 Å². The number of pyridine rings is 1. The maximum absolute atomic E-state index is 10.1. The van der Waals surface area contributed by atoms with Gasteiger partial charge >= 0.3 is 0 Å². The molecule has 0 aliphatic heterocycles. The zero-order valence-electron chi connectivity index (χ0n) is 10.3. The van der Waals surface area contributed by atoms with Crippen molar-refractivity contribution in [3.63, 3.8) is 0 Å². The summed E-state index contributed by atoms with van der Waals surface area (Å²) in [6, 6.07) is 1.82. The van der Waals surface area contributed by atoms with Gasteiger partial charge in [0.1, 0.15) is 0 Å². The highest BCUT2D eigenvalue weighted by Crippen LogP contribution is 2.22. The second-order valence-electron chi connectivity index (χ2n) is 4.22. The summed E-state index contributed by atoms with van der Waals surface area (Å²) in [5, 5.41) is 14.9. The molecule has 0 bridgehead atoms. The zero-order valence-corrected chi connectivity index (χ0v) is 11.0. The Labute approximate surface area is 111 Å². The number of aliphatic hydroxyl groups excluding tert-OH is 1. The molecule has 5 heteroatoms. The lowest BCUT2D eigenvalue weighted by Crippen LogP contribution is -2.02. The van der Waals surface area contributed by atoms with Gasteiger partial charge in [0.05, 0.1) is 17.3 Å². The molecule has 1 unspecified atom stereocenters. The minimum absolute atomic E-state index is 0.471. The van der Waals surface area contributed by atoms with E-state index in [0.717, 1.165) is 24.1 Å². The fourth-order valence-electron chi connectivity index (χ4n) is 1.80. The summed E-state index contributed by atoms with van der Waals surface area (Å²) in [6.45, 7) is 2.96. The largest absolute Gasteiger partial charge is 0.388 e. The zero-order chi connectivity index (χ0) is 13.0. The van der Waals surface area contributed by atoms with Crippen LogP contribution in [0.15, 0.2) is 30.9 Å². The maximum Gasteiger partial charge on any atom is 0.0861 e. The highest BCUT2D eigenvalue weighted by atomic mass is 35.5. The van der Waals surface area contributed by atoms with Crippen molar-refractivity contribution in [3.8, 4) is 0 Å². The summed E-state index contributed by atoms with van der Waals surface area (Å²) >= 11 is 6.02. The van der Waals surface area contributed by atoms with Crippen LogP contribution in [-0.2, 0) is 13.0 Å². The molecular weight excluding hydrogens is 250 g/mol. The van der Waals surface area contributed by atoms with Gasteiger partial charge in [-0.2, -0.15) is 5.10 Å². The molecule has 0 spiro atoms. The van der Waals surface area contributed by atoms with Gasteiger partial charge in [0.15, 0.2) is 0 Å². The van der Waals surface area contributed by atoms with Crippen molar-refractivity contribution in [2.24, 2.45) is 0 Å². The summed E-state index contributed by atoms with van der Waals surface area (Å²) in [5.41, 5.74) is 1.71. The van der Waals surface area contributed by atoms with Crippen molar-refractivity contribution in [2.45, 2.75) is 32.4 Å². The van der Waals surface area contributed by atoms with Crippen molar-refractivity contribution in [1.29, 1.82) is 0 Å². The molecule has 2 aromatic rings. The van der Waals surface area contributed by atoms with E-state index in [1.54, 1.807) is 18.6 Å². The average Bonchev–Trinajstić information content (AvgIpc) is 2.81. The summed E-state index contributed by atoms with van der Waals surface area (Å²) in [5.74, 6) is 0. The number of nitrogens with zero attached hydrogens (tertiary/aromatic N) is 3. The Morgan fingerprint density at radius 1 is 1.44 bits per heavy atom. The molecule has 0 aliphatic rings. The van der Waals surface area contributed by atoms with E-state index >= 15 is 0 Å². The van der Waals surface area contributed by atoms with Crippen molar-refractivity contribution in [2.75, 3.05) is 0 Å². The minimum Gasteiger partial charge on any atom is -0.388 e. The van der Waals surface area contributed by atoms with Gasteiger partial charge in [0, 0.05) is 37.1 Å². The molecule has 2 rings (SSSR count). The fourth-order valence-corrected chi connectivity index (χ4v) is 2.00. The molecule has 18 heavy (non-hydrogen) atoms. The molecule has 0 saturated carbocycles. The number of hydrogen-bond acceptors (Lipinski definition) is 3.